The Kier molecular flexibility index (Phi) is 5.00. The lowest BCUT2D eigenvalue weighted by molar-refractivity contribution is -0.137. The van der Waals surface area contributed by atoms with Crippen molar-refractivity contribution in [3.8, 4) is 0 Å². The summed E-state index contributed by atoms with van der Waals surface area (Å²) >= 11 is 0. The molecule has 1 amide bonds. The molecule has 3 nitrogen and oxygen atoms in total. The van der Waals surface area contributed by atoms with E-state index in [0.717, 1.165) is 31.6 Å². The highest BCUT2D eigenvalue weighted by molar-refractivity contribution is 5.90. The van der Waals surface area contributed by atoms with Crippen molar-refractivity contribution < 1.29 is 9.90 Å². The average molecular weight is 323 g/mol. The van der Waals surface area contributed by atoms with Crippen LogP contribution in [0.5, 0.6) is 0 Å². The predicted molar refractivity (Wildman–Crippen MR) is 95.4 cm³/mol. The Bertz CT molecular complexity index is 621. The third kappa shape index (κ3) is 3.36. The van der Waals surface area contributed by atoms with Crippen molar-refractivity contribution >= 4 is 5.91 Å². The van der Waals surface area contributed by atoms with E-state index in [0.29, 0.717) is 11.1 Å². The highest BCUT2D eigenvalue weighted by Gasteiger charge is 2.40. The largest absolute Gasteiger partial charge is 0.372 e. The first-order valence-corrected chi connectivity index (χ1v) is 8.75. The maximum atomic E-state index is 13.1. The molecule has 0 saturated heterocycles. The number of carbonyl (C=O) groups excluding carboxylic acids is 1. The van der Waals surface area contributed by atoms with Gasteiger partial charge in [-0.2, -0.15) is 0 Å². The Morgan fingerprint density at radius 3 is 1.83 bits per heavy atom. The van der Waals surface area contributed by atoms with E-state index in [2.05, 4.69) is 12.2 Å². The van der Waals surface area contributed by atoms with Crippen LogP contribution in [0.1, 0.15) is 43.7 Å². The fraction of sp³-hybridized carbons (Fsp3) is 0.381. The topological polar surface area (TPSA) is 49.3 Å². The average Bonchev–Trinajstić information content (AvgIpc) is 2.64. The monoisotopic (exact) mass is 323 g/mol. The Balaban J connectivity index is 1.89. The molecule has 0 atom stereocenters. The molecule has 3 heteroatoms. The first-order valence-electron chi connectivity index (χ1n) is 8.75. The third-order valence-corrected chi connectivity index (χ3v) is 5.06. The highest BCUT2D eigenvalue weighted by Crippen LogP contribution is 2.31. The maximum Gasteiger partial charge on any atom is 0.261 e. The van der Waals surface area contributed by atoms with Gasteiger partial charge in [0.2, 0.25) is 0 Å². The summed E-state index contributed by atoms with van der Waals surface area (Å²) in [6.07, 6.45) is 4.21. The van der Waals surface area contributed by atoms with Crippen LogP contribution in [0, 0.1) is 5.92 Å². The second kappa shape index (κ2) is 7.18. The lowest BCUT2D eigenvalue weighted by Gasteiger charge is -2.33. The molecule has 24 heavy (non-hydrogen) atoms. The minimum absolute atomic E-state index is 0.146. The predicted octanol–water partition coefficient (Wildman–Crippen LogP) is 3.62. The number of benzene rings is 2. The van der Waals surface area contributed by atoms with E-state index < -0.39 is 5.60 Å². The fourth-order valence-corrected chi connectivity index (χ4v) is 3.48. The van der Waals surface area contributed by atoms with Crippen LogP contribution in [0.2, 0.25) is 0 Å². The first kappa shape index (κ1) is 16.7. The Morgan fingerprint density at radius 1 is 0.917 bits per heavy atom. The quantitative estimate of drug-likeness (QED) is 0.903. The molecular weight excluding hydrogens is 298 g/mol. The van der Waals surface area contributed by atoms with Crippen LogP contribution in [0.4, 0.5) is 0 Å². The lowest BCUT2D eigenvalue weighted by Crippen LogP contribution is -2.49. The van der Waals surface area contributed by atoms with Crippen molar-refractivity contribution in [3.05, 3.63) is 71.8 Å². The van der Waals surface area contributed by atoms with Gasteiger partial charge in [0.1, 0.15) is 0 Å². The molecule has 2 aromatic rings. The van der Waals surface area contributed by atoms with Crippen LogP contribution in [0.15, 0.2) is 60.7 Å². The summed E-state index contributed by atoms with van der Waals surface area (Å²) in [5, 5.41) is 14.5. The zero-order chi connectivity index (χ0) is 17.0. The molecule has 2 N–H and O–H groups in total. The van der Waals surface area contributed by atoms with Crippen LogP contribution in [-0.4, -0.2) is 17.1 Å². The molecule has 0 aliphatic heterocycles. The van der Waals surface area contributed by atoms with Gasteiger partial charge in [0.25, 0.3) is 5.91 Å². The summed E-state index contributed by atoms with van der Waals surface area (Å²) in [4.78, 5) is 13.1. The molecule has 1 aliphatic carbocycles. The highest BCUT2D eigenvalue weighted by atomic mass is 16.3. The Hall–Kier alpha value is -2.13. The fourth-order valence-electron chi connectivity index (χ4n) is 3.48. The third-order valence-electron chi connectivity index (χ3n) is 5.06. The van der Waals surface area contributed by atoms with Crippen molar-refractivity contribution in [3.63, 3.8) is 0 Å². The van der Waals surface area contributed by atoms with E-state index in [1.165, 1.54) is 0 Å². The van der Waals surface area contributed by atoms with Gasteiger partial charge in [-0.25, -0.2) is 0 Å². The second-order valence-electron chi connectivity index (χ2n) is 6.87. The molecule has 0 radical (unpaired) electrons. The van der Waals surface area contributed by atoms with Crippen LogP contribution < -0.4 is 5.32 Å². The molecule has 0 spiro atoms. The van der Waals surface area contributed by atoms with Crippen molar-refractivity contribution in [1.29, 1.82) is 0 Å². The van der Waals surface area contributed by atoms with Crippen molar-refractivity contribution in [2.24, 2.45) is 5.92 Å². The van der Waals surface area contributed by atoms with Gasteiger partial charge >= 0.3 is 0 Å². The van der Waals surface area contributed by atoms with Crippen LogP contribution in [0.3, 0.4) is 0 Å². The molecule has 2 aromatic carbocycles. The Labute approximate surface area is 143 Å². The van der Waals surface area contributed by atoms with Crippen LogP contribution in [0.25, 0.3) is 0 Å². The Morgan fingerprint density at radius 2 is 1.38 bits per heavy atom. The summed E-state index contributed by atoms with van der Waals surface area (Å²) in [7, 11) is 0. The number of nitrogens with one attached hydrogen (secondary N) is 1. The summed E-state index contributed by atoms with van der Waals surface area (Å²) in [5.74, 6) is 0.389. The molecule has 3 rings (SSSR count). The van der Waals surface area contributed by atoms with Gasteiger partial charge in [0.05, 0.1) is 0 Å². The molecule has 0 unspecified atom stereocenters. The molecule has 1 fully saturated rings. The molecule has 1 saturated carbocycles. The van der Waals surface area contributed by atoms with Gasteiger partial charge < -0.3 is 10.4 Å². The van der Waals surface area contributed by atoms with Gasteiger partial charge in [-0.15, -0.1) is 0 Å². The van der Waals surface area contributed by atoms with Crippen molar-refractivity contribution in [2.45, 2.75) is 44.2 Å². The van der Waals surface area contributed by atoms with Gasteiger partial charge in [0, 0.05) is 6.04 Å². The molecule has 126 valence electrons. The second-order valence-corrected chi connectivity index (χ2v) is 6.87. The summed E-state index contributed by atoms with van der Waals surface area (Å²) < 4.78 is 0. The lowest BCUT2D eigenvalue weighted by atomic mass is 9.83. The number of rotatable bonds is 4. The van der Waals surface area contributed by atoms with Crippen molar-refractivity contribution in [2.75, 3.05) is 0 Å². The number of hydrogen-bond donors (Lipinski definition) is 2. The summed E-state index contributed by atoms with van der Waals surface area (Å²) in [6, 6.07) is 18.5. The minimum Gasteiger partial charge on any atom is -0.372 e. The molecule has 0 heterocycles. The molecule has 0 aromatic heterocycles. The van der Waals surface area contributed by atoms with E-state index in [9.17, 15) is 9.90 Å². The standard InChI is InChI=1S/C21H25NO2/c1-16-12-14-19(15-13-16)22-20(23)21(24,17-8-4-2-5-9-17)18-10-6-3-7-11-18/h2-11,16,19,24H,12-15H2,1H3,(H,22,23). The summed E-state index contributed by atoms with van der Waals surface area (Å²) in [5.41, 5.74) is -0.471. The minimum atomic E-state index is -1.66. The van der Waals surface area contributed by atoms with E-state index in [1.54, 1.807) is 24.3 Å². The molecule has 0 bridgehead atoms. The van der Waals surface area contributed by atoms with E-state index >= 15 is 0 Å². The van der Waals surface area contributed by atoms with Gasteiger partial charge in [0.15, 0.2) is 5.60 Å². The summed E-state index contributed by atoms with van der Waals surface area (Å²) in [6.45, 7) is 2.25. The normalized spacial score (nSPS) is 21.2. The van der Waals surface area contributed by atoms with E-state index in [1.807, 2.05) is 36.4 Å². The SMILES string of the molecule is CC1CCC(NC(=O)C(O)(c2ccccc2)c2ccccc2)CC1. The molecular formula is C21H25NO2. The van der Waals surface area contributed by atoms with Crippen LogP contribution >= 0.6 is 0 Å². The number of aliphatic hydroxyl groups is 1. The molecule has 1 aliphatic rings. The zero-order valence-corrected chi connectivity index (χ0v) is 14.1. The van der Waals surface area contributed by atoms with Gasteiger partial charge in [-0.1, -0.05) is 67.6 Å². The van der Waals surface area contributed by atoms with E-state index in [-0.39, 0.29) is 11.9 Å². The first-order chi connectivity index (χ1) is 11.6. The zero-order valence-electron chi connectivity index (χ0n) is 14.1. The number of hydrogen-bond acceptors (Lipinski definition) is 2. The van der Waals surface area contributed by atoms with Crippen molar-refractivity contribution in [1.82, 2.24) is 5.32 Å². The van der Waals surface area contributed by atoms with Crippen LogP contribution in [-0.2, 0) is 10.4 Å². The number of amides is 1. The number of carbonyl (C=O) groups is 1. The maximum absolute atomic E-state index is 13.1. The smallest absolute Gasteiger partial charge is 0.261 e. The van der Waals surface area contributed by atoms with Gasteiger partial charge in [-0.3, -0.25) is 4.79 Å². The van der Waals surface area contributed by atoms with E-state index in [4.69, 9.17) is 0 Å². The van der Waals surface area contributed by atoms with Gasteiger partial charge in [-0.05, 0) is 42.7 Å².